The van der Waals surface area contributed by atoms with Gasteiger partial charge in [-0.2, -0.15) is 19.0 Å². The summed E-state index contributed by atoms with van der Waals surface area (Å²) in [6.07, 6.45) is 2.93. The number of benzene rings is 1. The van der Waals surface area contributed by atoms with Crippen LogP contribution < -0.4 is 5.32 Å². The van der Waals surface area contributed by atoms with Gasteiger partial charge in [0.1, 0.15) is 11.5 Å². The normalized spacial score (nSPS) is 11.8. The van der Waals surface area contributed by atoms with Crippen molar-refractivity contribution in [3.63, 3.8) is 0 Å². The lowest BCUT2D eigenvalue weighted by Crippen LogP contribution is -2.15. The molecular formula is C19H13Cl2F3N6O. The first-order chi connectivity index (χ1) is 14.6. The maximum atomic E-state index is 13.7. The Morgan fingerprint density at radius 1 is 1.26 bits per heavy atom. The van der Waals surface area contributed by atoms with Crippen LogP contribution >= 0.6 is 23.2 Å². The number of aryl methyl sites for hydroxylation is 1. The third kappa shape index (κ3) is 4.49. The number of hydrogen-bond acceptors (Lipinski definition) is 4. The summed E-state index contributed by atoms with van der Waals surface area (Å²) in [5, 5.41) is 7.17. The molecule has 1 amide bonds. The van der Waals surface area contributed by atoms with E-state index in [1.54, 1.807) is 0 Å². The van der Waals surface area contributed by atoms with Crippen LogP contribution in [0.25, 0.3) is 5.65 Å². The number of nitrogens with one attached hydrogen (secondary N) is 1. The number of fused-ring (bicyclic) bond motifs is 1. The van der Waals surface area contributed by atoms with Crippen molar-refractivity contribution in [2.45, 2.75) is 18.9 Å². The number of rotatable bonds is 5. The fourth-order valence-corrected chi connectivity index (χ4v) is 3.31. The Balaban J connectivity index is 1.54. The van der Waals surface area contributed by atoms with Crippen LogP contribution in [0.1, 0.15) is 27.4 Å². The third-order valence-corrected chi connectivity index (χ3v) is 4.86. The monoisotopic (exact) mass is 468 g/mol. The summed E-state index contributed by atoms with van der Waals surface area (Å²) >= 11 is 11.2. The molecule has 31 heavy (non-hydrogen) atoms. The molecule has 0 saturated heterocycles. The van der Waals surface area contributed by atoms with Gasteiger partial charge >= 0.3 is 5.38 Å². The van der Waals surface area contributed by atoms with E-state index in [0.29, 0.717) is 16.9 Å². The molecule has 7 nitrogen and oxygen atoms in total. The van der Waals surface area contributed by atoms with E-state index in [9.17, 15) is 18.0 Å². The van der Waals surface area contributed by atoms with Crippen LogP contribution in [0.5, 0.6) is 0 Å². The minimum Gasteiger partial charge on any atom is -0.318 e. The number of amides is 1. The number of halogens is 5. The first kappa shape index (κ1) is 21.1. The van der Waals surface area contributed by atoms with E-state index < -0.39 is 22.8 Å². The summed E-state index contributed by atoms with van der Waals surface area (Å²) in [7, 11) is 0. The van der Waals surface area contributed by atoms with E-state index in [0.717, 1.165) is 10.6 Å². The van der Waals surface area contributed by atoms with Gasteiger partial charge in [-0.05, 0) is 42.3 Å². The molecule has 0 unspecified atom stereocenters. The van der Waals surface area contributed by atoms with Crippen molar-refractivity contribution in [3.8, 4) is 0 Å². The van der Waals surface area contributed by atoms with E-state index in [-0.39, 0.29) is 22.9 Å². The number of aromatic nitrogens is 5. The Labute approximate surface area is 183 Å². The molecule has 4 rings (SSSR count). The number of nitrogens with zero attached hydrogens (tertiary/aromatic N) is 5. The second-order valence-electron chi connectivity index (χ2n) is 6.70. The highest BCUT2D eigenvalue weighted by molar-refractivity contribution is 6.31. The summed E-state index contributed by atoms with van der Waals surface area (Å²) in [5.74, 6) is -1.10. The van der Waals surface area contributed by atoms with Gasteiger partial charge in [0.25, 0.3) is 5.91 Å². The van der Waals surface area contributed by atoms with Crippen LogP contribution in [-0.2, 0) is 11.9 Å². The number of carbonyl (C=O) groups is 1. The van der Waals surface area contributed by atoms with E-state index in [1.165, 1.54) is 48.3 Å². The zero-order valence-corrected chi connectivity index (χ0v) is 17.3. The lowest BCUT2D eigenvalue weighted by Gasteiger charge is -2.10. The van der Waals surface area contributed by atoms with Crippen LogP contribution in [0, 0.1) is 12.7 Å². The molecule has 1 N–H and O–H groups in total. The molecule has 1 aromatic carbocycles. The maximum absolute atomic E-state index is 13.7. The van der Waals surface area contributed by atoms with Crippen LogP contribution in [0.4, 0.5) is 18.9 Å². The molecule has 0 saturated carbocycles. The van der Waals surface area contributed by atoms with Gasteiger partial charge in [-0.15, -0.1) is 0 Å². The predicted molar refractivity (Wildman–Crippen MR) is 108 cm³/mol. The first-order valence-electron chi connectivity index (χ1n) is 8.82. The van der Waals surface area contributed by atoms with Crippen molar-refractivity contribution >= 4 is 40.4 Å². The van der Waals surface area contributed by atoms with E-state index >= 15 is 0 Å². The summed E-state index contributed by atoms with van der Waals surface area (Å²) in [4.78, 5) is 16.7. The summed E-state index contributed by atoms with van der Waals surface area (Å²) < 4.78 is 42.9. The lowest BCUT2D eigenvalue weighted by atomic mass is 10.2. The van der Waals surface area contributed by atoms with Gasteiger partial charge < -0.3 is 5.32 Å². The molecule has 0 fully saturated rings. The van der Waals surface area contributed by atoms with Crippen molar-refractivity contribution < 1.29 is 18.0 Å². The van der Waals surface area contributed by atoms with Crippen molar-refractivity contribution in [3.05, 3.63) is 76.2 Å². The molecule has 12 heteroatoms. The Morgan fingerprint density at radius 2 is 2.03 bits per heavy atom. The van der Waals surface area contributed by atoms with Gasteiger partial charge in [0.05, 0.1) is 18.4 Å². The third-order valence-electron chi connectivity index (χ3n) is 4.32. The standard InChI is InChI=1S/C19H13Cl2F3N6O/c1-10-4-16(19(21,23)24)30-17(26-10)6-15(28-30)18(31)27-13-7-25-29(9-13)8-11-2-3-12(22)5-14(11)20/h2-7,9H,8H2,1H3,(H,27,31). The number of carbonyl (C=O) groups excluding carboxylic acids is 1. The minimum absolute atomic E-state index is 0.0575. The van der Waals surface area contributed by atoms with Crippen molar-refractivity contribution in [2.24, 2.45) is 0 Å². The Kier molecular flexibility index (Phi) is 5.36. The van der Waals surface area contributed by atoms with Gasteiger partial charge in [0.2, 0.25) is 0 Å². The van der Waals surface area contributed by atoms with Gasteiger partial charge in [-0.3, -0.25) is 9.48 Å². The molecular weight excluding hydrogens is 456 g/mol. The van der Waals surface area contributed by atoms with Crippen LogP contribution in [0.15, 0.2) is 42.7 Å². The predicted octanol–water partition coefficient (Wildman–Crippen LogP) is 4.62. The second kappa shape index (κ2) is 7.86. The van der Waals surface area contributed by atoms with Gasteiger partial charge in [0.15, 0.2) is 11.3 Å². The molecule has 0 spiro atoms. The SMILES string of the molecule is Cc1cc(C(F)(F)Cl)n2nc(C(=O)Nc3cnn(Cc4ccc(F)cc4Cl)c3)cc2n1. The molecule has 3 heterocycles. The fourth-order valence-electron chi connectivity index (χ4n) is 2.95. The average molecular weight is 469 g/mol. The van der Waals surface area contributed by atoms with Crippen LogP contribution in [-0.4, -0.2) is 30.3 Å². The Bertz CT molecular complexity index is 1300. The highest BCUT2D eigenvalue weighted by Gasteiger charge is 2.32. The second-order valence-corrected chi connectivity index (χ2v) is 7.58. The minimum atomic E-state index is -3.69. The van der Waals surface area contributed by atoms with E-state index in [1.807, 2.05) is 0 Å². The molecule has 0 atom stereocenters. The lowest BCUT2D eigenvalue weighted by molar-refractivity contribution is 0.0868. The molecule has 0 aliphatic carbocycles. The Morgan fingerprint density at radius 3 is 2.74 bits per heavy atom. The summed E-state index contributed by atoms with van der Waals surface area (Å²) in [6, 6.07) is 6.38. The van der Waals surface area contributed by atoms with Crippen LogP contribution in [0.3, 0.4) is 0 Å². The molecule has 0 radical (unpaired) electrons. The van der Waals surface area contributed by atoms with Gasteiger partial charge in [0, 0.05) is 23.0 Å². The molecule has 0 bridgehead atoms. The largest absolute Gasteiger partial charge is 0.364 e. The maximum Gasteiger partial charge on any atom is 0.364 e. The van der Waals surface area contributed by atoms with E-state index in [2.05, 4.69) is 20.5 Å². The molecule has 3 aromatic heterocycles. The Hall–Kier alpha value is -3.11. The number of anilines is 1. The molecule has 0 aliphatic rings. The molecule has 4 aromatic rings. The van der Waals surface area contributed by atoms with Crippen molar-refractivity contribution in [2.75, 3.05) is 5.32 Å². The highest BCUT2D eigenvalue weighted by atomic mass is 35.5. The smallest absolute Gasteiger partial charge is 0.318 e. The van der Waals surface area contributed by atoms with Crippen molar-refractivity contribution in [1.29, 1.82) is 0 Å². The quantitative estimate of drug-likeness (QED) is 0.433. The summed E-state index contributed by atoms with van der Waals surface area (Å²) in [5.41, 5.74) is 0.611. The van der Waals surface area contributed by atoms with Gasteiger partial charge in [-0.25, -0.2) is 13.9 Å². The summed E-state index contributed by atoms with van der Waals surface area (Å²) in [6.45, 7) is 1.78. The highest BCUT2D eigenvalue weighted by Crippen LogP contribution is 2.32. The molecule has 160 valence electrons. The van der Waals surface area contributed by atoms with E-state index in [4.69, 9.17) is 23.2 Å². The van der Waals surface area contributed by atoms with Gasteiger partial charge in [-0.1, -0.05) is 17.7 Å². The first-order valence-corrected chi connectivity index (χ1v) is 9.58. The van der Waals surface area contributed by atoms with Crippen LogP contribution in [0.2, 0.25) is 5.02 Å². The number of hydrogen-bond donors (Lipinski definition) is 1. The fraction of sp³-hybridized carbons (Fsp3) is 0.158. The topological polar surface area (TPSA) is 77.1 Å². The molecule has 0 aliphatic heterocycles. The van der Waals surface area contributed by atoms with Crippen molar-refractivity contribution in [1.82, 2.24) is 24.4 Å². The number of alkyl halides is 3. The zero-order chi connectivity index (χ0) is 22.3. The average Bonchev–Trinajstić information content (AvgIpc) is 3.29. The zero-order valence-electron chi connectivity index (χ0n) is 15.8.